The Kier molecular flexibility index (Phi) is 4.90. The molecule has 108 valence electrons. The second kappa shape index (κ2) is 6.66. The molecule has 1 unspecified atom stereocenters. The fourth-order valence-electron chi connectivity index (χ4n) is 2.30. The lowest BCUT2D eigenvalue weighted by Gasteiger charge is -2.18. The van der Waals surface area contributed by atoms with Crippen molar-refractivity contribution in [2.75, 3.05) is 6.54 Å². The molecule has 0 radical (unpaired) electrons. The summed E-state index contributed by atoms with van der Waals surface area (Å²) in [5.41, 5.74) is 2.83. The molecule has 0 fully saturated rings. The van der Waals surface area contributed by atoms with Crippen molar-refractivity contribution in [3.63, 3.8) is 0 Å². The minimum Gasteiger partial charge on any atom is -0.310 e. The smallest absolute Gasteiger partial charge is 0.126 e. The maximum atomic E-state index is 13.7. The molecule has 0 saturated heterocycles. The summed E-state index contributed by atoms with van der Waals surface area (Å²) in [6.07, 6.45) is 4.75. The molecule has 0 aliphatic carbocycles. The van der Waals surface area contributed by atoms with Gasteiger partial charge in [0.2, 0.25) is 0 Å². The van der Waals surface area contributed by atoms with Crippen LogP contribution in [0.1, 0.15) is 36.6 Å². The van der Waals surface area contributed by atoms with Gasteiger partial charge in [0.25, 0.3) is 0 Å². The number of nitrogens with one attached hydrogen (secondary N) is 1. The van der Waals surface area contributed by atoms with Gasteiger partial charge >= 0.3 is 0 Å². The van der Waals surface area contributed by atoms with E-state index < -0.39 is 0 Å². The molecule has 4 heteroatoms. The number of likely N-dealkylation sites (N-methyl/N-ethyl adjacent to an activating group) is 1. The summed E-state index contributed by atoms with van der Waals surface area (Å²) in [6, 6.07) is 5.58. The molecule has 1 aromatic carbocycles. The molecule has 0 aliphatic heterocycles. The first-order chi connectivity index (χ1) is 9.63. The Morgan fingerprint density at radius 2 is 2.15 bits per heavy atom. The van der Waals surface area contributed by atoms with E-state index in [9.17, 15) is 4.39 Å². The third-order valence-electron chi connectivity index (χ3n) is 3.50. The van der Waals surface area contributed by atoms with Crippen LogP contribution < -0.4 is 5.32 Å². The Labute approximate surface area is 119 Å². The van der Waals surface area contributed by atoms with Gasteiger partial charge < -0.3 is 5.32 Å². The topological polar surface area (TPSA) is 29.9 Å². The predicted molar refractivity (Wildman–Crippen MR) is 79.2 cm³/mol. The van der Waals surface area contributed by atoms with Gasteiger partial charge in [0.15, 0.2) is 0 Å². The third-order valence-corrected chi connectivity index (χ3v) is 3.50. The van der Waals surface area contributed by atoms with Crippen LogP contribution in [0.25, 0.3) is 0 Å². The summed E-state index contributed by atoms with van der Waals surface area (Å²) in [7, 11) is 0. The number of halogens is 1. The largest absolute Gasteiger partial charge is 0.310 e. The molecule has 0 amide bonds. The van der Waals surface area contributed by atoms with Crippen molar-refractivity contribution in [1.82, 2.24) is 15.1 Å². The van der Waals surface area contributed by atoms with E-state index in [1.807, 2.05) is 23.0 Å². The van der Waals surface area contributed by atoms with Crippen LogP contribution in [-0.2, 0) is 13.0 Å². The highest BCUT2D eigenvalue weighted by Crippen LogP contribution is 2.20. The van der Waals surface area contributed by atoms with Gasteiger partial charge in [0, 0.05) is 18.8 Å². The van der Waals surface area contributed by atoms with E-state index in [2.05, 4.69) is 30.5 Å². The minimum atomic E-state index is -0.144. The molecule has 1 atom stereocenters. The molecule has 0 aliphatic rings. The monoisotopic (exact) mass is 275 g/mol. The normalized spacial score (nSPS) is 12.6. The van der Waals surface area contributed by atoms with E-state index >= 15 is 0 Å². The van der Waals surface area contributed by atoms with Gasteiger partial charge in [-0.1, -0.05) is 19.1 Å². The molecule has 2 rings (SSSR count). The summed E-state index contributed by atoms with van der Waals surface area (Å²) in [4.78, 5) is 0. The average molecular weight is 275 g/mol. The number of hydrogen-bond acceptors (Lipinski definition) is 2. The van der Waals surface area contributed by atoms with E-state index in [-0.39, 0.29) is 11.9 Å². The molecule has 3 nitrogen and oxygen atoms in total. The lowest BCUT2D eigenvalue weighted by Crippen LogP contribution is -2.23. The van der Waals surface area contributed by atoms with Gasteiger partial charge in [-0.15, -0.1) is 0 Å². The number of rotatable bonds is 6. The Morgan fingerprint density at radius 1 is 1.35 bits per heavy atom. The van der Waals surface area contributed by atoms with Crippen LogP contribution in [0.15, 0.2) is 30.6 Å². The number of nitrogens with zero attached hydrogens (tertiary/aromatic N) is 2. The van der Waals surface area contributed by atoms with Crippen LogP contribution in [0.4, 0.5) is 4.39 Å². The Hall–Kier alpha value is -1.68. The lowest BCUT2D eigenvalue weighted by molar-refractivity contribution is 0.541. The van der Waals surface area contributed by atoms with Crippen LogP contribution in [0.3, 0.4) is 0 Å². The fraction of sp³-hybridized carbons (Fsp3) is 0.438. The predicted octanol–water partition coefficient (Wildman–Crippen LogP) is 3.24. The standard InChI is InChI=1S/C16H22FN3/c1-4-18-16(8-13-10-19-20(5-2)11-13)14-7-6-12(3)15(17)9-14/h6-7,9-11,16,18H,4-5,8H2,1-3H3. The van der Waals surface area contributed by atoms with Crippen LogP contribution in [0.2, 0.25) is 0 Å². The zero-order valence-electron chi connectivity index (χ0n) is 12.4. The Morgan fingerprint density at radius 3 is 2.75 bits per heavy atom. The van der Waals surface area contributed by atoms with Crippen molar-refractivity contribution in [2.24, 2.45) is 0 Å². The molecule has 2 aromatic rings. The van der Waals surface area contributed by atoms with Crippen molar-refractivity contribution in [3.05, 3.63) is 53.1 Å². The Bertz CT molecular complexity index is 563. The molecule has 1 N–H and O–H groups in total. The van der Waals surface area contributed by atoms with Crippen molar-refractivity contribution in [3.8, 4) is 0 Å². The van der Waals surface area contributed by atoms with Crippen LogP contribution in [-0.4, -0.2) is 16.3 Å². The van der Waals surface area contributed by atoms with Crippen LogP contribution in [0.5, 0.6) is 0 Å². The molecular weight excluding hydrogens is 253 g/mol. The highest BCUT2D eigenvalue weighted by atomic mass is 19.1. The number of benzene rings is 1. The van der Waals surface area contributed by atoms with Gasteiger partial charge in [-0.3, -0.25) is 4.68 Å². The summed E-state index contributed by atoms with van der Waals surface area (Å²) in [5, 5.41) is 7.71. The van der Waals surface area contributed by atoms with Crippen molar-refractivity contribution >= 4 is 0 Å². The van der Waals surface area contributed by atoms with Gasteiger partial charge in [-0.25, -0.2) is 4.39 Å². The summed E-state index contributed by atoms with van der Waals surface area (Å²) in [5.74, 6) is -0.144. The maximum absolute atomic E-state index is 13.7. The highest BCUT2D eigenvalue weighted by molar-refractivity contribution is 5.27. The van der Waals surface area contributed by atoms with Crippen molar-refractivity contribution in [1.29, 1.82) is 0 Å². The molecule has 20 heavy (non-hydrogen) atoms. The first-order valence-corrected chi connectivity index (χ1v) is 7.14. The Balaban J connectivity index is 2.19. The van der Waals surface area contributed by atoms with Crippen molar-refractivity contribution < 1.29 is 4.39 Å². The molecule has 0 saturated carbocycles. The number of aryl methyl sites for hydroxylation is 2. The van der Waals surface area contributed by atoms with Gasteiger partial charge in [0.05, 0.1) is 6.20 Å². The van der Waals surface area contributed by atoms with E-state index in [1.165, 1.54) is 5.56 Å². The zero-order valence-corrected chi connectivity index (χ0v) is 12.4. The van der Waals surface area contributed by atoms with Gasteiger partial charge in [-0.2, -0.15) is 5.10 Å². The SMILES string of the molecule is CCNC(Cc1cnn(CC)c1)c1ccc(C)c(F)c1. The van der Waals surface area contributed by atoms with E-state index in [4.69, 9.17) is 0 Å². The third kappa shape index (κ3) is 3.45. The summed E-state index contributed by atoms with van der Waals surface area (Å²) >= 11 is 0. The zero-order chi connectivity index (χ0) is 14.5. The highest BCUT2D eigenvalue weighted by Gasteiger charge is 2.13. The maximum Gasteiger partial charge on any atom is 0.126 e. The second-order valence-corrected chi connectivity index (χ2v) is 5.03. The minimum absolute atomic E-state index is 0.115. The fourth-order valence-corrected chi connectivity index (χ4v) is 2.30. The van der Waals surface area contributed by atoms with Gasteiger partial charge in [-0.05, 0) is 49.6 Å². The molecular formula is C16H22FN3. The van der Waals surface area contributed by atoms with E-state index in [1.54, 1.807) is 13.0 Å². The van der Waals surface area contributed by atoms with Crippen molar-refractivity contribution in [2.45, 2.75) is 39.8 Å². The number of hydrogen-bond donors (Lipinski definition) is 1. The lowest BCUT2D eigenvalue weighted by atomic mass is 9.99. The average Bonchev–Trinajstić information content (AvgIpc) is 2.89. The molecule has 0 spiro atoms. The van der Waals surface area contributed by atoms with Crippen LogP contribution >= 0.6 is 0 Å². The molecule has 0 bridgehead atoms. The molecule has 1 heterocycles. The van der Waals surface area contributed by atoms with E-state index in [0.29, 0.717) is 5.56 Å². The quantitative estimate of drug-likeness (QED) is 0.877. The second-order valence-electron chi connectivity index (χ2n) is 5.03. The number of aromatic nitrogens is 2. The first kappa shape index (κ1) is 14.7. The molecule has 1 aromatic heterocycles. The van der Waals surface area contributed by atoms with E-state index in [0.717, 1.165) is 25.1 Å². The summed E-state index contributed by atoms with van der Waals surface area (Å²) in [6.45, 7) is 7.63. The first-order valence-electron chi connectivity index (χ1n) is 7.14. The van der Waals surface area contributed by atoms with Gasteiger partial charge in [0.1, 0.15) is 5.82 Å². The van der Waals surface area contributed by atoms with Crippen LogP contribution in [0, 0.1) is 12.7 Å². The summed E-state index contributed by atoms with van der Waals surface area (Å²) < 4.78 is 15.6.